The molecule has 26 heavy (non-hydrogen) atoms. The van der Waals surface area contributed by atoms with Crippen LogP contribution in [0.25, 0.3) is 0 Å². The van der Waals surface area contributed by atoms with Crippen molar-refractivity contribution in [3.8, 4) is 0 Å². The van der Waals surface area contributed by atoms with E-state index in [-0.39, 0.29) is 5.92 Å². The number of nitrogens with one attached hydrogen (secondary N) is 1. The number of rotatable bonds is 5. The maximum absolute atomic E-state index is 4.41. The summed E-state index contributed by atoms with van der Waals surface area (Å²) in [5.41, 5.74) is 4.85. The molecule has 0 aliphatic rings. The predicted molar refractivity (Wildman–Crippen MR) is 108 cm³/mol. The largest absolute Gasteiger partial charge is 0.340 e. The smallest absolute Gasteiger partial charge is 0.130 e. The standard InChI is InChI=1S/C24H20N2/c1-3-11-19(12-4-1)24(20-13-5-2-6-14-20)21-15-7-8-16-22(21)26-23-17-9-10-18-25-23/h1-18,24H,(H,25,26). The van der Waals surface area contributed by atoms with Gasteiger partial charge in [0, 0.05) is 17.8 Å². The monoisotopic (exact) mass is 336 g/mol. The minimum absolute atomic E-state index is 0.157. The van der Waals surface area contributed by atoms with Crippen molar-refractivity contribution in [2.24, 2.45) is 0 Å². The number of aromatic nitrogens is 1. The van der Waals surface area contributed by atoms with E-state index in [1.807, 2.05) is 18.2 Å². The Labute approximate surface area is 154 Å². The Morgan fingerprint density at radius 2 is 1.15 bits per heavy atom. The molecule has 2 nitrogen and oxygen atoms in total. The van der Waals surface area contributed by atoms with Crippen LogP contribution in [-0.2, 0) is 0 Å². The number of nitrogens with zero attached hydrogens (tertiary/aromatic N) is 1. The third-order valence-corrected chi connectivity index (χ3v) is 4.47. The van der Waals surface area contributed by atoms with E-state index in [0.717, 1.165) is 11.5 Å². The van der Waals surface area contributed by atoms with E-state index in [0.29, 0.717) is 0 Å². The summed E-state index contributed by atoms with van der Waals surface area (Å²) in [4.78, 5) is 4.41. The normalized spacial score (nSPS) is 10.7. The molecule has 0 spiro atoms. The van der Waals surface area contributed by atoms with Gasteiger partial charge in [-0.25, -0.2) is 4.98 Å². The van der Waals surface area contributed by atoms with Gasteiger partial charge in [-0.05, 0) is 34.9 Å². The van der Waals surface area contributed by atoms with Gasteiger partial charge in [0.05, 0.1) is 0 Å². The van der Waals surface area contributed by atoms with Gasteiger partial charge in [0.1, 0.15) is 5.82 Å². The van der Waals surface area contributed by atoms with Gasteiger partial charge < -0.3 is 5.32 Å². The van der Waals surface area contributed by atoms with Crippen LogP contribution in [0.4, 0.5) is 11.5 Å². The zero-order valence-corrected chi connectivity index (χ0v) is 14.4. The first kappa shape index (κ1) is 16.1. The number of para-hydroxylation sites is 1. The fraction of sp³-hybridized carbons (Fsp3) is 0.0417. The van der Waals surface area contributed by atoms with E-state index in [4.69, 9.17) is 0 Å². The molecule has 4 rings (SSSR count). The van der Waals surface area contributed by atoms with Gasteiger partial charge >= 0.3 is 0 Å². The molecule has 0 radical (unpaired) electrons. The van der Waals surface area contributed by atoms with Crippen molar-refractivity contribution >= 4 is 11.5 Å². The summed E-state index contributed by atoms with van der Waals surface area (Å²) < 4.78 is 0. The quantitative estimate of drug-likeness (QED) is 0.452. The van der Waals surface area contributed by atoms with Crippen LogP contribution in [0.15, 0.2) is 109 Å². The highest BCUT2D eigenvalue weighted by atomic mass is 15.0. The van der Waals surface area contributed by atoms with Crippen LogP contribution in [-0.4, -0.2) is 4.98 Å². The molecule has 0 saturated heterocycles. The maximum Gasteiger partial charge on any atom is 0.130 e. The van der Waals surface area contributed by atoms with Gasteiger partial charge in [-0.3, -0.25) is 0 Å². The molecular formula is C24H20N2. The molecule has 0 aliphatic heterocycles. The van der Waals surface area contributed by atoms with Crippen molar-refractivity contribution in [3.63, 3.8) is 0 Å². The second kappa shape index (κ2) is 7.66. The highest BCUT2D eigenvalue weighted by Crippen LogP contribution is 2.36. The van der Waals surface area contributed by atoms with E-state index in [1.165, 1.54) is 16.7 Å². The van der Waals surface area contributed by atoms with Crippen LogP contribution in [0, 0.1) is 0 Å². The van der Waals surface area contributed by atoms with Crippen molar-refractivity contribution < 1.29 is 0 Å². The molecule has 0 amide bonds. The lowest BCUT2D eigenvalue weighted by molar-refractivity contribution is 0.979. The Bertz CT molecular complexity index is 911. The summed E-state index contributed by atoms with van der Waals surface area (Å²) in [5, 5.41) is 3.48. The van der Waals surface area contributed by atoms with E-state index in [2.05, 4.69) is 95.2 Å². The van der Waals surface area contributed by atoms with Gasteiger partial charge in [-0.2, -0.15) is 0 Å². The van der Waals surface area contributed by atoms with E-state index in [1.54, 1.807) is 6.20 Å². The van der Waals surface area contributed by atoms with Gasteiger partial charge in [-0.1, -0.05) is 84.9 Å². The van der Waals surface area contributed by atoms with Crippen LogP contribution in [0.5, 0.6) is 0 Å². The first-order chi connectivity index (χ1) is 12.9. The molecule has 0 bridgehead atoms. The molecule has 3 aromatic carbocycles. The molecule has 0 saturated carbocycles. The second-order valence-corrected chi connectivity index (χ2v) is 6.18. The van der Waals surface area contributed by atoms with Crippen LogP contribution in [0.3, 0.4) is 0 Å². The zero-order chi connectivity index (χ0) is 17.6. The minimum atomic E-state index is 0.157. The van der Waals surface area contributed by atoms with Crippen LogP contribution in [0.1, 0.15) is 22.6 Å². The summed E-state index contributed by atoms with van der Waals surface area (Å²) in [6.45, 7) is 0. The van der Waals surface area contributed by atoms with Crippen molar-refractivity contribution in [1.82, 2.24) is 4.98 Å². The lowest BCUT2D eigenvalue weighted by Crippen LogP contribution is -2.07. The third-order valence-electron chi connectivity index (χ3n) is 4.47. The molecule has 1 heterocycles. The Kier molecular flexibility index (Phi) is 4.74. The Morgan fingerprint density at radius 3 is 1.77 bits per heavy atom. The van der Waals surface area contributed by atoms with Crippen molar-refractivity contribution in [2.75, 3.05) is 5.32 Å². The molecule has 1 N–H and O–H groups in total. The summed E-state index contributed by atoms with van der Waals surface area (Å²) >= 11 is 0. The van der Waals surface area contributed by atoms with E-state index >= 15 is 0 Å². The Morgan fingerprint density at radius 1 is 0.577 bits per heavy atom. The molecule has 0 atom stereocenters. The van der Waals surface area contributed by atoms with Gasteiger partial charge in [-0.15, -0.1) is 0 Å². The first-order valence-electron chi connectivity index (χ1n) is 8.79. The average Bonchev–Trinajstić information content (AvgIpc) is 2.72. The van der Waals surface area contributed by atoms with Crippen LogP contribution in [0.2, 0.25) is 0 Å². The van der Waals surface area contributed by atoms with Crippen molar-refractivity contribution in [2.45, 2.75) is 5.92 Å². The Balaban J connectivity index is 1.82. The fourth-order valence-electron chi connectivity index (χ4n) is 3.28. The van der Waals surface area contributed by atoms with Crippen LogP contribution >= 0.6 is 0 Å². The number of pyridine rings is 1. The summed E-state index contributed by atoms with van der Waals surface area (Å²) in [5.74, 6) is 1.00. The fourth-order valence-corrected chi connectivity index (χ4v) is 3.28. The average molecular weight is 336 g/mol. The maximum atomic E-state index is 4.41. The lowest BCUT2D eigenvalue weighted by atomic mass is 9.84. The molecule has 0 aliphatic carbocycles. The molecule has 0 fully saturated rings. The van der Waals surface area contributed by atoms with Crippen LogP contribution < -0.4 is 5.32 Å². The minimum Gasteiger partial charge on any atom is -0.340 e. The van der Waals surface area contributed by atoms with Gasteiger partial charge in [0.15, 0.2) is 0 Å². The Hall–Kier alpha value is -3.39. The van der Waals surface area contributed by atoms with Crippen molar-refractivity contribution in [1.29, 1.82) is 0 Å². The number of benzene rings is 3. The second-order valence-electron chi connectivity index (χ2n) is 6.18. The van der Waals surface area contributed by atoms with E-state index in [9.17, 15) is 0 Å². The molecule has 2 heteroatoms. The topological polar surface area (TPSA) is 24.9 Å². The van der Waals surface area contributed by atoms with Gasteiger partial charge in [0.25, 0.3) is 0 Å². The summed E-state index contributed by atoms with van der Waals surface area (Å²) in [7, 11) is 0. The molecule has 4 aromatic rings. The molecule has 126 valence electrons. The molecule has 1 aromatic heterocycles. The van der Waals surface area contributed by atoms with E-state index < -0.39 is 0 Å². The highest BCUT2D eigenvalue weighted by molar-refractivity contribution is 5.64. The molecular weight excluding hydrogens is 316 g/mol. The van der Waals surface area contributed by atoms with Crippen molar-refractivity contribution in [3.05, 3.63) is 126 Å². The first-order valence-corrected chi connectivity index (χ1v) is 8.79. The number of hydrogen-bond acceptors (Lipinski definition) is 2. The SMILES string of the molecule is c1ccc(C(c2ccccc2)c2ccccc2Nc2ccccn2)cc1. The lowest BCUT2D eigenvalue weighted by Gasteiger charge is -2.22. The van der Waals surface area contributed by atoms with Gasteiger partial charge in [0.2, 0.25) is 0 Å². The highest BCUT2D eigenvalue weighted by Gasteiger charge is 2.19. The third kappa shape index (κ3) is 3.50. The summed E-state index contributed by atoms with van der Waals surface area (Å²) in [6, 6.07) is 35.6. The predicted octanol–water partition coefficient (Wildman–Crippen LogP) is 6.01. The zero-order valence-electron chi connectivity index (χ0n) is 14.4. The number of hydrogen-bond donors (Lipinski definition) is 1. The molecule has 0 unspecified atom stereocenters. The number of anilines is 2. The summed E-state index contributed by atoms with van der Waals surface area (Å²) in [6.07, 6.45) is 1.80.